The maximum Gasteiger partial charge on any atom is 0.191 e. The first-order chi connectivity index (χ1) is 12.2. The third kappa shape index (κ3) is 8.13. The number of benzene rings is 1. The molecular weight excluding hydrogens is 441 g/mol. The number of aryl methyl sites for hydroxylation is 1. The highest BCUT2D eigenvalue weighted by molar-refractivity contribution is 14.0. The standard InChI is InChI=1S/C18H29N7.HI/c1-4-19-18(21-13-17-22-15-23-25(17)3)20-11-8-12-24(2)14-16-9-6-5-7-10-16;/h5-7,9-10,15H,4,8,11-14H2,1-3H3,(H2,19,20,21);1H. The SMILES string of the molecule is CCNC(=NCc1ncnn1C)NCCCN(C)Cc1ccccc1.I. The van der Waals surface area contributed by atoms with Crippen LogP contribution in [-0.2, 0) is 20.1 Å². The van der Waals surface area contributed by atoms with Gasteiger partial charge in [0, 0.05) is 26.7 Å². The zero-order valence-corrected chi connectivity index (χ0v) is 18.2. The van der Waals surface area contributed by atoms with Crippen LogP contribution in [-0.4, -0.2) is 52.3 Å². The first-order valence-electron chi connectivity index (χ1n) is 8.76. The Kier molecular flexibility index (Phi) is 10.9. The zero-order valence-electron chi connectivity index (χ0n) is 15.9. The number of nitrogens with zero attached hydrogens (tertiary/aromatic N) is 5. The van der Waals surface area contributed by atoms with E-state index >= 15 is 0 Å². The molecule has 2 N–H and O–H groups in total. The molecule has 1 heterocycles. The fourth-order valence-corrected chi connectivity index (χ4v) is 2.48. The lowest BCUT2D eigenvalue weighted by Crippen LogP contribution is -2.38. The van der Waals surface area contributed by atoms with E-state index in [1.165, 1.54) is 5.56 Å². The fourth-order valence-electron chi connectivity index (χ4n) is 2.48. The molecule has 0 amide bonds. The van der Waals surface area contributed by atoms with Gasteiger partial charge in [-0.15, -0.1) is 24.0 Å². The Hall–Kier alpha value is -1.68. The van der Waals surface area contributed by atoms with Crippen LogP contribution in [0.5, 0.6) is 0 Å². The van der Waals surface area contributed by atoms with E-state index in [0.717, 1.165) is 44.4 Å². The number of hydrogen-bond donors (Lipinski definition) is 2. The summed E-state index contributed by atoms with van der Waals surface area (Å²) in [7, 11) is 4.03. The summed E-state index contributed by atoms with van der Waals surface area (Å²) < 4.78 is 1.74. The number of rotatable bonds is 9. The maximum atomic E-state index is 4.56. The van der Waals surface area contributed by atoms with Gasteiger partial charge < -0.3 is 15.5 Å². The molecule has 26 heavy (non-hydrogen) atoms. The molecule has 2 aromatic rings. The summed E-state index contributed by atoms with van der Waals surface area (Å²) in [6, 6.07) is 10.5. The van der Waals surface area contributed by atoms with Crippen molar-refractivity contribution in [3.8, 4) is 0 Å². The van der Waals surface area contributed by atoms with Gasteiger partial charge in [0.15, 0.2) is 5.96 Å². The summed E-state index contributed by atoms with van der Waals surface area (Å²) in [6.45, 7) is 6.29. The molecule has 7 nitrogen and oxygen atoms in total. The molecule has 0 radical (unpaired) electrons. The van der Waals surface area contributed by atoms with Crippen LogP contribution in [0.2, 0.25) is 0 Å². The Morgan fingerprint density at radius 3 is 2.65 bits per heavy atom. The largest absolute Gasteiger partial charge is 0.357 e. The first-order valence-corrected chi connectivity index (χ1v) is 8.76. The van der Waals surface area contributed by atoms with Crippen LogP contribution < -0.4 is 10.6 Å². The molecule has 0 aliphatic heterocycles. The fraction of sp³-hybridized carbons (Fsp3) is 0.500. The van der Waals surface area contributed by atoms with Crippen LogP contribution >= 0.6 is 24.0 Å². The molecule has 0 aliphatic carbocycles. The third-order valence-electron chi connectivity index (χ3n) is 3.83. The molecule has 2 rings (SSSR count). The van der Waals surface area contributed by atoms with Crippen LogP contribution in [0.4, 0.5) is 0 Å². The molecule has 144 valence electrons. The van der Waals surface area contributed by atoms with Crippen LogP contribution in [0.15, 0.2) is 41.7 Å². The van der Waals surface area contributed by atoms with E-state index in [9.17, 15) is 0 Å². The summed E-state index contributed by atoms with van der Waals surface area (Å²) in [4.78, 5) is 11.1. The van der Waals surface area contributed by atoms with Crippen molar-refractivity contribution in [2.45, 2.75) is 26.4 Å². The Labute approximate surface area is 173 Å². The molecular formula is C18H30IN7. The molecule has 1 aromatic heterocycles. The van der Waals surface area contributed by atoms with Gasteiger partial charge in [0.2, 0.25) is 0 Å². The van der Waals surface area contributed by atoms with Crippen LogP contribution in [0, 0.1) is 0 Å². The number of nitrogens with one attached hydrogen (secondary N) is 2. The number of aromatic nitrogens is 3. The molecule has 0 saturated heterocycles. The highest BCUT2D eigenvalue weighted by Gasteiger charge is 2.03. The summed E-state index contributed by atoms with van der Waals surface area (Å²) in [5, 5.41) is 10.7. The molecule has 0 atom stereocenters. The molecule has 0 unspecified atom stereocenters. The van der Waals surface area contributed by atoms with E-state index in [4.69, 9.17) is 0 Å². The highest BCUT2D eigenvalue weighted by atomic mass is 127. The lowest BCUT2D eigenvalue weighted by atomic mass is 10.2. The molecule has 0 saturated carbocycles. The summed E-state index contributed by atoms with van der Waals surface area (Å²) in [6.07, 6.45) is 2.60. The van der Waals surface area contributed by atoms with Crippen molar-refractivity contribution >= 4 is 29.9 Å². The van der Waals surface area contributed by atoms with Crippen molar-refractivity contribution in [3.63, 3.8) is 0 Å². The summed E-state index contributed by atoms with van der Waals surface area (Å²) in [5.41, 5.74) is 1.34. The van der Waals surface area contributed by atoms with Gasteiger partial charge in [-0.05, 0) is 32.5 Å². The van der Waals surface area contributed by atoms with E-state index in [1.807, 2.05) is 7.05 Å². The van der Waals surface area contributed by atoms with Crippen LogP contribution in [0.25, 0.3) is 0 Å². The van der Waals surface area contributed by atoms with Crippen molar-refractivity contribution in [2.24, 2.45) is 12.0 Å². The number of guanidine groups is 1. The summed E-state index contributed by atoms with van der Waals surface area (Å²) >= 11 is 0. The summed E-state index contributed by atoms with van der Waals surface area (Å²) in [5.74, 6) is 1.66. The van der Waals surface area contributed by atoms with Gasteiger partial charge in [-0.2, -0.15) is 5.10 Å². The van der Waals surface area contributed by atoms with Crippen molar-refractivity contribution < 1.29 is 0 Å². The van der Waals surface area contributed by atoms with Gasteiger partial charge in [-0.1, -0.05) is 30.3 Å². The van der Waals surface area contributed by atoms with Crippen molar-refractivity contribution in [1.82, 2.24) is 30.3 Å². The highest BCUT2D eigenvalue weighted by Crippen LogP contribution is 2.02. The van der Waals surface area contributed by atoms with E-state index in [1.54, 1.807) is 11.0 Å². The third-order valence-corrected chi connectivity index (χ3v) is 3.83. The normalized spacial score (nSPS) is 11.3. The number of halogens is 1. The minimum Gasteiger partial charge on any atom is -0.357 e. The predicted octanol–water partition coefficient (Wildman–Crippen LogP) is 2.01. The van der Waals surface area contributed by atoms with Gasteiger partial charge >= 0.3 is 0 Å². The lowest BCUT2D eigenvalue weighted by molar-refractivity contribution is 0.322. The Bertz CT molecular complexity index is 642. The van der Waals surface area contributed by atoms with Gasteiger partial charge in [0.1, 0.15) is 18.7 Å². The zero-order chi connectivity index (χ0) is 17.9. The molecule has 1 aromatic carbocycles. The van der Waals surface area contributed by atoms with Gasteiger partial charge in [0.05, 0.1) is 0 Å². The topological polar surface area (TPSA) is 70.4 Å². The molecule has 8 heteroatoms. The Morgan fingerprint density at radius 1 is 1.23 bits per heavy atom. The number of aliphatic imine (C=N–C) groups is 1. The monoisotopic (exact) mass is 471 g/mol. The maximum absolute atomic E-state index is 4.56. The van der Waals surface area contributed by atoms with Gasteiger partial charge in [0.25, 0.3) is 0 Å². The van der Waals surface area contributed by atoms with Crippen LogP contribution in [0.3, 0.4) is 0 Å². The smallest absolute Gasteiger partial charge is 0.191 e. The minimum absolute atomic E-state index is 0. The first kappa shape index (κ1) is 22.4. The van der Waals surface area contributed by atoms with E-state index < -0.39 is 0 Å². The van der Waals surface area contributed by atoms with E-state index in [0.29, 0.717) is 6.54 Å². The second kappa shape index (κ2) is 12.6. The molecule has 0 bridgehead atoms. The second-order valence-electron chi connectivity index (χ2n) is 6.00. The van der Waals surface area contributed by atoms with E-state index in [-0.39, 0.29) is 24.0 Å². The predicted molar refractivity (Wildman–Crippen MR) is 117 cm³/mol. The molecule has 0 fully saturated rings. The lowest BCUT2D eigenvalue weighted by Gasteiger charge is -2.17. The van der Waals surface area contributed by atoms with Crippen molar-refractivity contribution in [1.29, 1.82) is 0 Å². The average Bonchev–Trinajstić information content (AvgIpc) is 3.02. The van der Waals surface area contributed by atoms with Crippen molar-refractivity contribution in [2.75, 3.05) is 26.7 Å². The van der Waals surface area contributed by atoms with Crippen molar-refractivity contribution in [3.05, 3.63) is 48.0 Å². The minimum atomic E-state index is 0. The molecule has 0 spiro atoms. The number of hydrogen-bond acceptors (Lipinski definition) is 4. The average molecular weight is 471 g/mol. The van der Waals surface area contributed by atoms with Gasteiger partial charge in [-0.25, -0.2) is 9.98 Å². The van der Waals surface area contributed by atoms with Gasteiger partial charge in [-0.3, -0.25) is 4.68 Å². The Morgan fingerprint density at radius 2 is 2.00 bits per heavy atom. The molecule has 0 aliphatic rings. The quantitative estimate of drug-likeness (QED) is 0.254. The Balaban J connectivity index is 0.00000338. The second-order valence-corrected chi connectivity index (χ2v) is 6.00. The van der Waals surface area contributed by atoms with E-state index in [2.05, 4.69) is 74.9 Å². The van der Waals surface area contributed by atoms with Crippen LogP contribution in [0.1, 0.15) is 24.7 Å².